The minimum absolute atomic E-state index is 0.0911. The maximum Gasteiger partial charge on any atom is 0.317 e. The normalized spacial score (nSPS) is 45.8. The summed E-state index contributed by atoms with van der Waals surface area (Å²) in [5.41, 5.74) is 0. The fraction of sp³-hybridized carbons (Fsp3) is 0.714. The largest absolute Gasteiger partial charge is 0.393 e. The van der Waals surface area contributed by atoms with Crippen molar-refractivity contribution in [2.75, 3.05) is 0 Å². The number of carbonyl (C=O) groups excluding carboxylic acids is 4. The lowest BCUT2D eigenvalue weighted by Gasteiger charge is -2.37. The first-order valence-electron chi connectivity index (χ1n) is 7.07. The van der Waals surface area contributed by atoms with Gasteiger partial charge in [-0.3, -0.25) is 19.2 Å². The summed E-state index contributed by atoms with van der Waals surface area (Å²) in [6.07, 6.45) is 2.86. The molecule has 6 unspecified atom stereocenters. The van der Waals surface area contributed by atoms with E-state index >= 15 is 0 Å². The van der Waals surface area contributed by atoms with Crippen LogP contribution in [0.1, 0.15) is 25.7 Å². The van der Waals surface area contributed by atoms with Crippen LogP contribution >= 0.6 is 0 Å². The van der Waals surface area contributed by atoms with Crippen molar-refractivity contribution >= 4 is 23.9 Å². The Balaban J connectivity index is 1.46. The van der Waals surface area contributed by atoms with Crippen LogP contribution in [0, 0.1) is 35.5 Å². The molecule has 4 fully saturated rings. The molecule has 4 rings (SSSR count). The molecule has 0 radical (unpaired) electrons. The Labute approximate surface area is 114 Å². The summed E-state index contributed by atoms with van der Waals surface area (Å²) < 4.78 is 9.34. The fourth-order valence-corrected chi connectivity index (χ4v) is 4.44. The molecular weight excluding hydrogens is 264 g/mol. The number of cyclic esters (lactones) is 4. The Morgan fingerprint density at radius 1 is 0.750 bits per heavy atom. The van der Waals surface area contributed by atoms with Crippen LogP contribution < -0.4 is 0 Å². The lowest BCUT2D eigenvalue weighted by molar-refractivity contribution is -0.155. The maximum absolute atomic E-state index is 11.7. The molecule has 0 bridgehead atoms. The van der Waals surface area contributed by atoms with E-state index in [4.69, 9.17) is 4.74 Å². The van der Waals surface area contributed by atoms with Crippen molar-refractivity contribution in [1.82, 2.24) is 0 Å². The Kier molecular flexibility index (Phi) is 2.35. The molecule has 4 aliphatic rings. The third kappa shape index (κ3) is 1.45. The van der Waals surface area contributed by atoms with E-state index < -0.39 is 23.9 Å². The maximum atomic E-state index is 11.7. The third-order valence-electron chi connectivity index (χ3n) is 5.45. The number of ether oxygens (including phenoxy) is 2. The highest BCUT2D eigenvalue weighted by atomic mass is 16.6. The zero-order valence-corrected chi connectivity index (χ0v) is 10.7. The number of rotatable bonds is 2. The van der Waals surface area contributed by atoms with E-state index in [9.17, 15) is 19.2 Å². The van der Waals surface area contributed by atoms with Gasteiger partial charge in [0.1, 0.15) is 0 Å². The average Bonchev–Trinajstić information content (AvgIpc) is 2.92. The molecular formula is C14H14O6. The Hall–Kier alpha value is -1.72. The number of hydrogen-bond donors (Lipinski definition) is 0. The van der Waals surface area contributed by atoms with Gasteiger partial charge in [-0.2, -0.15) is 0 Å². The minimum Gasteiger partial charge on any atom is -0.393 e. The van der Waals surface area contributed by atoms with Gasteiger partial charge in [0.05, 0.1) is 23.7 Å². The summed E-state index contributed by atoms with van der Waals surface area (Å²) in [6, 6.07) is 0. The van der Waals surface area contributed by atoms with Gasteiger partial charge in [-0.1, -0.05) is 0 Å². The van der Waals surface area contributed by atoms with Gasteiger partial charge in [0.15, 0.2) is 0 Å². The van der Waals surface area contributed by atoms with E-state index in [1.807, 2.05) is 0 Å². The summed E-state index contributed by atoms with van der Waals surface area (Å²) >= 11 is 0. The molecule has 2 heterocycles. The predicted octanol–water partition coefficient (Wildman–Crippen LogP) is 0.438. The van der Waals surface area contributed by atoms with Crippen molar-refractivity contribution in [3.05, 3.63) is 0 Å². The van der Waals surface area contributed by atoms with Gasteiger partial charge in [0.2, 0.25) is 0 Å². The van der Waals surface area contributed by atoms with Crippen molar-refractivity contribution in [3.63, 3.8) is 0 Å². The predicted molar refractivity (Wildman–Crippen MR) is 61.6 cm³/mol. The molecule has 0 N–H and O–H groups in total. The minimum atomic E-state index is -0.420. The molecule has 6 nitrogen and oxygen atoms in total. The van der Waals surface area contributed by atoms with Gasteiger partial charge in [0, 0.05) is 0 Å². The first-order valence-corrected chi connectivity index (χ1v) is 7.07. The van der Waals surface area contributed by atoms with Crippen LogP contribution in [0.25, 0.3) is 0 Å². The van der Waals surface area contributed by atoms with E-state index in [0.29, 0.717) is 19.3 Å². The Morgan fingerprint density at radius 2 is 1.35 bits per heavy atom. The van der Waals surface area contributed by atoms with E-state index in [2.05, 4.69) is 4.74 Å². The first kappa shape index (κ1) is 12.1. The molecule has 0 aromatic rings. The average molecular weight is 278 g/mol. The number of hydrogen-bond acceptors (Lipinski definition) is 6. The quantitative estimate of drug-likeness (QED) is 0.538. The van der Waals surface area contributed by atoms with Crippen molar-refractivity contribution < 1.29 is 28.7 Å². The molecule has 2 aliphatic heterocycles. The van der Waals surface area contributed by atoms with E-state index in [1.165, 1.54) is 0 Å². The summed E-state index contributed by atoms with van der Waals surface area (Å²) in [5, 5.41) is 0. The van der Waals surface area contributed by atoms with Gasteiger partial charge in [-0.05, 0) is 37.5 Å². The third-order valence-corrected chi connectivity index (χ3v) is 5.45. The van der Waals surface area contributed by atoms with Crippen LogP contribution in [-0.4, -0.2) is 23.9 Å². The van der Waals surface area contributed by atoms with Gasteiger partial charge >= 0.3 is 23.9 Å². The van der Waals surface area contributed by atoms with Crippen LogP contribution in [0.15, 0.2) is 0 Å². The molecule has 6 heteroatoms. The van der Waals surface area contributed by atoms with Gasteiger partial charge in [0.25, 0.3) is 0 Å². The lowest BCUT2D eigenvalue weighted by atomic mass is 9.62. The molecule has 0 spiro atoms. The number of esters is 4. The standard InChI is InChI=1S/C14H14O6/c15-11-7-2-1-5(9(7)13(17)19-11)3-6-4-8-10(6)14(18)20-12(8)16/h5-10H,1-4H2. The zero-order valence-electron chi connectivity index (χ0n) is 10.7. The summed E-state index contributed by atoms with van der Waals surface area (Å²) in [4.78, 5) is 46.1. The van der Waals surface area contributed by atoms with Crippen molar-refractivity contribution in [3.8, 4) is 0 Å². The molecule has 106 valence electrons. The van der Waals surface area contributed by atoms with Crippen molar-refractivity contribution in [2.24, 2.45) is 35.5 Å². The molecule has 2 aliphatic carbocycles. The summed E-state index contributed by atoms with van der Waals surface area (Å²) in [6.45, 7) is 0. The van der Waals surface area contributed by atoms with Crippen molar-refractivity contribution in [2.45, 2.75) is 25.7 Å². The second-order valence-corrected chi connectivity index (χ2v) is 6.31. The molecule has 0 aromatic carbocycles. The lowest BCUT2D eigenvalue weighted by Crippen LogP contribution is -2.40. The fourth-order valence-electron chi connectivity index (χ4n) is 4.44. The molecule has 2 saturated heterocycles. The highest BCUT2D eigenvalue weighted by Gasteiger charge is 2.59. The van der Waals surface area contributed by atoms with Gasteiger partial charge in [-0.25, -0.2) is 0 Å². The second kappa shape index (κ2) is 3.90. The number of carbonyl (C=O) groups is 4. The molecule has 0 aromatic heterocycles. The Morgan fingerprint density at radius 3 is 2.05 bits per heavy atom. The van der Waals surface area contributed by atoms with Gasteiger partial charge < -0.3 is 9.47 Å². The van der Waals surface area contributed by atoms with Crippen LogP contribution in [0.3, 0.4) is 0 Å². The second-order valence-electron chi connectivity index (χ2n) is 6.31. The van der Waals surface area contributed by atoms with Crippen LogP contribution in [-0.2, 0) is 28.7 Å². The molecule has 6 atom stereocenters. The SMILES string of the molecule is O=C1OC(=O)C2C(CC3CC4C(=O)OC(=O)C34)CCC12. The molecule has 0 amide bonds. The van der Waals surface area contributed by atoms with E-state index in [-0.39, 0.29) is 35.5 Å². The highest BCUT2D eigenvalue weighted by molar-refractivity contribution is 5.98. The van der Waals surface area contributed by atoms with Crippen LogP contribution in [0.5, 0.6) is 0 Å². The topological polar surface area (TPSA) is 86.7 Å². The zero-order chi connectivity index (χ0) is 14.0. The molecule has 20 heavy (non-hydrogen) atoms. The van der Waals surface area contributed by atoms with E-state index in [1.54, 1.807) is 0 Å². The van der Waals surface area contributed by atoms with Crippen molar-refractivity contribution in [1.29, 1.82) is 0 Å². The highest BCUT2D eigenvalue weighted by Crippen LogP contribution is 2.53. The summed E-state index contributed by atoms with van der Waals surface area (Å²) in [7, 11) is 0. The smallest absolute Gasteiger partial charge is 0.317 e. The van der Waals surface area contributed by atoms with Gasteiger partial charge in [-0.15, -0.1) is 0 Å². The van der Waals surface area contributed by atoms with Crippen LogP contribution in [0.4, 0.5) is 0 Å². The Bertz CT molecular complexity index is 538. The van der Waals surface area contributed by atoms with Crippen LogP contribution in [0.2, 0.25) is 0 Å². The molecule has 2 saturated carbocycles. The van der Waals surface area contributed by atoms with E-state index in [0.717, 1.165) is 6.42 Å². The monoisotopic (exact) mass is 278 g/mol. The summed E-state index contributed by atoms with van der Waals surface area (Å²) in [5.74, 6) is -2.67. The number of fused-ring (bicyclic) bond motifs is 2. The first-order chi connectivity index (χ1) is 9.56.